The first-order valence-electron chi connectivity index (χ1n) is 6.19. The summed E-state index contributed by atoms with van der Waals surface area (Å²) in [5, 5.41) is 3.73. The molecule has 0 aromatic heterocycles. The van der Waals surface area contributed by atoms with Crippen molar-refractivity contribution in [1.29, 1.82) is 0 Å². The Bertz CT molecular complexity index is 225. The van der Waals surface area contributed by atoms with E-state index in [9.17, 15) is 0 Å². The molecule has 0 spiro atoms. The second-order valence-corrected chi connectivity index (χ2v) is 6.38. The molecule has 3 saturated carbocycles. The highest BCUT2D eigenvalue weighted by Crippen LogP contribution is 2.61. The molecule has 0 amide bonds. The largest absolute Gasteiger partial charge is 0.311 e. The maximum atomic E-state index is 3.73. The van der Waals surface area contributed by atoms with Gasteiger partial charge in [0.1, 0.15) is 0 Å². The van der Waals surface area contributed by atoms with Crippen LogP contribution >= 0.6 is 12.4 Å². The molecule has 0 aromatic rings. The summed E-state index contributed by atoms with van der Waals surface area (Å²) in [5.41, 5.74) is 0.634. The Balaban J connectivity index is 0.00000112. The van der Waals surface area contributed by atoms with E-state index in [-0.39, 0.29) is 12.4 Å². The molecule has 90 valence electrons. The minimum absolute atomic E-state index is 0. The van der Waals surface area contributed by atoms with Crippen molar-refractivity contribution in [2.45, 2.75) is 59.5 Å². The lowest BCUT2D eigenvalue weighted by Gasteiger charge is -2.62. The molecule has 2 heteroatoms. The van der Waals surface area contributed by atoms with E-state index in [0.29, 0.717) is 11.5 Å². The molecule has 0 aromatic carbocycles. The van der Waals surface area contributed by atoms with Gasteiger partial charge in [-0.05, 0) is 36.0 Å². The van der Waals surface area contributed by atoms with Gasteiger partial charge in [-0.25, -0.2) is 0 Å². The number of nitrogens with one attached hydrogen (secondary N) is 1. The molecule has 3 aliphatic carbocycles. The van der Waals surface area contributed by atoms with Crippen LogP contribution in [0.3, 0.4) is 0 Å². The Morgan fingerprint density at radius 2 is 1.80 bits per heavy atom. The highest BCUT2D eigenvalue weighted by Gasteiger charge is 2.56. The summed E-state index contributed by atoms with van der Waals surface area (Å²) in [6.07, 6.45) is 2.90. The van der Waals surface area contributed by atoms with E-state index >= 15 is 0 Å². The number of rotatable bonds is 2. The summed E-state index contributed by atoms with van der Waals surface area (Å²) in [6.45, 7) is 11.9. The molecule has 3 rings (SSSR count). The molecule has 0 heterocycles. The quantitative estimate of drug-likeness (QED) is 0.768. The molecular weight excluding hydrogens is 206 g/mol. The van der Waals surface area contributed by atoms with Crippen molar-refractivity contribution in [3.8, 4) is 0 Å². The topological polar surface area (TPSA) is 12.0 Å². The van der Waals surface area contributed by atoms with Crippen molar-refractivity contribution in [3.63, 3.8) is 0 Å². The van der Waals surface area contributed by atoms with E-state index in [1.54, 1.807) is 0 Å². The highest BCUT2D eigenvalue weighted by atomic mass is 35.5. The monoisotopic (exact) mass is 231 g/mol. The first-order chi connectivity index (χ1) is 6.43. The molecule has 15 heavy (non-hydrogen) atoms. The van der Waals surface area contributed by atoms with Crippen LogP contribution in [0.5, 0.6) is 0 Å². The maximum Gasteiger partial charge on any atom is 0.0101 e. The lowest BCUT2D eigenvalue weighted by molar-refractivity contribution is -0.116. The highest BCUT2D eigenvalue weighted by molar-refractivity contribution is 5.85. The van der Waals surface area contributed by atoms with Crippen LogP contribution in [0.1, 0.15) is 47.5 Å². The second-order valence-electron chi connectivity index (χ2n) is 6.38. The SMILES string of the molecule is CC(C)N[C@@H]1C[C@@H]2C[C@H]([C@H]1C)C2(C)C.Cl. The van der Waals surface area contributed by atoms with Crippen LogP contribution in [-0.4, -0.2) is 12.1 Å². The van der Waals surface area contributed by atoms with E-state index in [1.165, 1.54) is 12.8 Å². The van der Waals surface area contributed by atoms with Gasteiger partial charge in [-0.2, -0.15) is 0 Å². The molecule has 0 unspecified atom stereocenters. The molecule has 0 aliphatic heterocycles. The Labute approximate surface area is 101 Å². The lowest BCUT2D eigenvalue weighted by atomic mass is 9.44. The van der Waals surface area contributed by atoms with E-state index in [1.807, 2.05) is 0 Å². The standard InChI is InChI=1S/C13H25N.ClH/c1-8(2)14-12-7-10-6-11(9(12)3)13(10,4)5;/h8-12,14H,6-7H2,1-5H3;1H/t9-,10+,11-,12-;/m1./s1. The Morgan fingerprint density at radius 1 is 1.20 bits per heavy atom. The van der Waals surface area contributed by atoms with Crippen molar-refractivity contribution >= 4 is 12.4 Å². The van der Waals surface area contributed by atoms with Crippen molar-refractivity contribution < 1.29 is 0 Å². The molecule has 1 N–H and O–H groups in total. The molecule has 2 bridgehead atoms. The van der Waals surface area contributed by atoms with E-state index in [4.69, 9.17) is 0 Å². The van der Waals surface area contributed by atoms with Gasteiger partial charge < -0.3 is 5.32 Å². The minimum Gasteiger partial charge on any atom is -0.311 e. The van der Waals surface area contributed by atoms with Gasteiger partial charge >= 0.3 is 0 Å². The molecule has 3 aliphatic rings. The van der Waals surface area contributed by atoms with Crippen molar-refractivity contribution in [1.82, 2.24) is 5.32 Å². The zero-order valence-electron chi connectivity index (χ0n) is 10.7. The first-order valence-corrected chi connectivity index (χ1v) is 6.19. The number of hydrogen-bond donors (Lipinski definition) is 1. The normalized spacial score (nSPS) is 42.0. The van der Waals surface area contributed by atoms with Gasteiger partial charge in [-0.1, -0.05) is 34.6 Å². The van der Waals surface area contributed by atoms with Gasteiger partial charge in [0, 0.05) is 12.1 Å². The number of fused-ring (bicyclic) bond motifs is 2. The molecular formula is C13H26ClN. The zero-order valence-corrected chi connectivity index (χ0v) is 11.5. The van der Waals surface area contributed by atoms with E-state index < -0.39 is 0 Å². The van der Waals surface area contributed by atoms with Gasteiger partial charge in [0.05, 0.1) is 0 Å². The van der Waals surface area contributed by atoms with Crippen LogP contribution in [0.25, 0.3) is 0 Å². The van der Waals surface area contributed by atoms with Crippen LogP contribution in [-0.2, 0) is 0 Å². The van der Waals surface area contributed by atoms with Crippen LogP contribution < -0.4 is 5.32 Å². The summed E-state index contributed by atoms with van der Waals surface area (Å²) in [5.74, 6) is 2.83. The average molecular weight is 232 g/mol. The van der Waals surface area contributed by atoms with Crippen LogP contribution in [0.15, 0.2) is 0 Å². The van der Waals surface area contributed by atoms with E-state index in [2.05, 4.69) is 39.9 Å². The predicted octanol–water partition coefficient (Wildman–Crippen LogP) is 3.48. The third kappa shape index (κ3) is 2.06. The molecule has 1 nitrogen and oxygen atoms in total. The van der Waals surface area contributed by atoms with Crippen LogP contribution in [0.4, 0.5) is 0 Å². The summed E-state index contributed by atoms with van der Waals surface area (Å²) < 4.78 is 0. The van der Waals surface area contributed by atoms with Gasteiger partial charge in [0.15, 0.2) is 0 Å². The van der Waals surface area contributed by atoms with E-state index in [0.717, 1.165) is 23.8 Å². The average Bonchev–Trinajstić information content (AvgIpc) is 2.06. The third-order valence-corrected chi connectivity index (χ3v) is 4.90. The molecule has 3 fully saturated rings. The van der Waals surface area contributed by atoms with Crippen LogP contribution in [0, 0.1) is 23.2 Å². The fraction of sp³-hybridized carbons (Fsp3) is 1.00. The maximum absolute atomic E-state index is 3.73. The summed E-state index contributed by atoms with van der Waals surface area (Å²) in [7, 11) is 0. The second kappa shape index (κ2) is 4.25. The van der Waals surface area contributed by atoms with Crippen molar-refractivity contribution in [3.05, 3.63) is 0 Å². The summed E-state index contributed by atoms with van der Waals surface area (Å²) >= 11 is 0. The lowest BCUT2D eigenvalue weighted by Crippen LogP contribution is -2.60. The van der Waals surface area contributed by atoms with Crippen molar-refractivity contribution in [2.24, 2.45) is 23.2 Å². The predicted molar refractivity (Wildman–Crippen MR) is 68.5 cm³/mol. The summed E-state index contributed by atoms with van der Waals surface area (Å²) in [6, 6.07) is 1.43. The first kappa shape index (κ1) is 13.3. The molecule has 0 radical (unpaired) electrons. The minimum atomic E-state index is 0. The molecule has 0 saturated heterocycles. The number of halogens is 1. The van der Waals surface area contributed by atoms with Gasteiger partial charge in [0.2, 0.25) is 0 Å². The zero-order chi connectivity index (χ0) is 10.5. The smallest absolute Gasteiger partial charge is 0.0101 e. The summed E-state index contributed by atoms with van der Waals surface area (Å²) in [4.78, 5) is 0. The molecule has 4 atom stereocenters. The third-order valence-electron chi connectivity index (χ3n) is 4.90. The Morgan fingerprint density at radius 3 is 2.20 bits per heavy atom. The number of hydrogen-bond acceptors (Lipinski definition) is 1. The van der Waals surface area contributed by atoms with Crippen molar-refractivity contribution in [2.75, 3.05) is 0 Å². The Kier molecular flexibility index (Phi) is 3.78. The van der Waals surface area contributed by atoms with Gasteiger partial charge in [-0.15, -0.1) is 12.4 Å². The van der Waals surface area contributed by atoms with Gasteiger partial charge in [0.25, 0.3) is 0 Å². The van der Waals surface area contributed by atoms with Gasteiger partial charge in [-0.3, -0.25) is 0 Å². The van der Waals surface area contributed by atoms with Crippen LogP contribution in [0.2, 0.25) is 0 Å². The fourth-order valence-corrected chi connectivity index (χ4v) is 3.80. The fourth-order valence-electron chi connectivity index (χ4n) is 3.80. The Hall–Kier alpha value is 0.250.